The number of thioether (sulfide) groups is 1. The van der Waals surface area contributed by atoms with E-state index >= 15 is 0 Å². The third-order valence-electron chi connectivity index (χ3n) is 4.04. The van der Waals surface area contributed by atoms with Crippen molar-refractivity contribution in [3.8, 4) is 0 Å². The molecule has 1 aliphatic carbocycles. The van der Waals surface area contributed by atoms with Crippen LogP contribution in [0.2, 0.25) is 0 Å². The van der Waals surface area contributed by atoms with Gasteiger partial charge in [0.25, 0.3) is 0 Å². The summed E-state index contributed by atoms with van der Waals surface area (Å²) in [6.07, 6.45) is 5.30. The lowest BCUT2D eigenvalue weighted by molar-refractivity contribution is 0.266. The Bertz CT molecular complexity index is 419. The largest absolute Gasteiger partial charge is 0.313 e. The molecule has 0 aromatic heterocycles. The van der Waals surface area contributed by atoms with Crippen LogP contribution in [0.4, 0.5) is 0 Å². The fourth-order valence-electron chi connectivity index (χ4n) is 2.85. The van der Waals surface area contributed by atoms with Gasteiger partial charge < -0.3 is 5.32 Å². The van der Waals surface area contributed by atoms with Crippen LogP contribution in [0.5, 0.6) is 0 Å². The van der Waals surface area contributed by atoms with Gasteiger partial charge in [0.05, 0.1) is 5.37 Å². The fourth-order valence-corrected chi connectivity index (χ4v) is 4.01. The maximum Gasteiger partial charge on any atom is 0.0728 e. The van der Waals surface area contributed by atoms with Crippen LogP contribution in [0.3, 0.4) is 0 Å². The summed E-state index contributed by atoms with van der Waals surface area (Å²) in [5.74, 6) is 0. The van der Waals surface area contributed by atoms with Gasteiger partial charge in [-0.25, -0.2) is 0 Å². The maximum absolute atomic E-state index is 3.49. The van der Waals surface area contributed by atoms with E-state index in [2.05, 4.69) is 35.5 Å². The number of nitrogens with one attached hydrogen (secondary N) is 1. The van der Waals surface area contributed by atoms with Crippen molar-refractivity contribution < 1.29 is 0 Å². The Morgan fingerprint density at radius 1 is 1.22 bits per heavy atom. The summed E-state index contributed by atoms with van der Waals surface area (Å²) in [5.41, 5.74) is 3.18. The van der Waals surface area contributed by atoms with E-state index in [1.54, 1.807) is 11.1 Å². The Kier molecular flexibility index (Phi) is 3.92. The second kappa shape index (κ2) is 5.64. The number of aryl methyl sites for hydroxylation is 2. The molecule has 0 amide bonds. The molecule has 1 N–H and O–H groups in total. The molecule has 1 aliphatic heterocycles. The van der Waals surface area contributed by atoms with Crippen molar-refractivity contribution in [3.63, 3.8) is 0 Å². The normalized spacial score (nSPS) is 24.8. The van der Waals surface area contributed by atoms with Gasteiger partial charge in [0.1, 0.15) is 0 Å². The highest BCUT2D eigenvalue weighted by Crippen LogP contribution is 2.30. The Morgan fingerprint density at radius 3 is 2.89 bits per heavy atom. The topological polar surface area (TPSA) is 15.3 Å². The van der Waals surface area contributed by atoms with Gasteiger partial charge in [-0.2, -0.15) is 0 Å². The predicted octanol–water partition coefficient (Wildman–Crippen LogP) is 2.52. The molecule has 0 spiro atoms. The highest BCUT2D eigenvalue weighted by molar-refractivity contribution is 8.00. The minimum absolute atomic E-state index is 0.584. The first-order chi connectivity index (χ1) is 8.83. The lowest BCUT2D eigenvalue weighted by Gasteiger charge is -2.32. The van der Waals surface area contributed by atoms with Crippen LogP contribution in [0.15, 0.2) is 23.1 Å². The Hall–Kier alpha value is -0.510. The zero-order valence-electron chi connectivity index (χ0n) is 11.1. The van der Waals surface area contributed by atoms with Gasteiger partial charge in [-0.15, -0.1) is 11.8 Å². The first-order valence-corrected chi connectivity index (χ1v) is 7.90. The molecular weight excluding hydrogens is 240 g/mol. The summed E-state index contributed by atoms with van der Waals surface area (Å²) in [6, 6.07) is 7.10. The molecule has 2 nitrogen and oxygen atoms in total. The predicted molar refractivity (Wildman–Crippen MR) is 78.2 cm³/mol. The molecule has 1 saturated heterocycles. The first-order valence-electron chi connectivity index (χ1n) is 7.02. The van der Waals surface area contributed by atoms with Crippen LogP contribution in [0.25, 0.3) is 0 Å². The summed E-state index contributed by atoms with van der Waals surface area (Å²) >= 11 is 2.01. The smallest absolute Gasteiger partial charge is 0.0728 e. The van der Waals surface area contributed by atoms with Crippen molar-refractivity contribution in [2.45, 2.75) is 36.0 Å². The Morgan fingerprint density at radius 2 is 2.06 bits per heavy atom. The maximum atomic E-state index is 3.49. The van der Waals surface area contributed by atoms with E-state index in [0.29, 0.717) is 5.37 Å². The van der Waals surface area contributed by atoms with Crippen LogP contribution >= 0.6 is 11.8 Å². The SMILES string of the molecule is CN1CCNCC1Sc1ccc2c(c1)CCCC2. The number of rotatable bonds is 2. The molecule has 98 valence electrons. The van der Waals surface area contributed by atoms with Gasteiger partial charge >= 0.3 is 0 Å². The molecule has 0 bridgehead atoms. The number of hydrogen-bond acceptors (Lipinski definition) is 3. The molecule has 0 radical (unpaired) electrons. The lowest BCUT2D eigenvalue weighted by Crippen LogP contribution is -2.47. The number of nitrogens with zero attached hydrogens (tertiary/aromatic N) is 1. The van der Waals surface area contributed by atoms with Crippen molar-refractivity contribution in [1.29, 1.82) is 0 Å². The van der Waals surface area contributed by atoms with Crippen molar-refractivity contribution in [2.75, 3.05) is 26.7 Å². The van der Waals surface area contributed by atoms with Crippen LogP contribution in [0.1, 0.15) is 24.0 Å². The van der Waals surface area contributed by atoms with Crippen molar-refractivity contribution in [2.24, 2.45) is 0 Å². The van der Waals surface area contributed by atoms with E-state index in [9.17, 15) is 0 Å². The van der Waals surface area contributed by atoms with Crippen LogP contribution in [-0.2, 0) is 12.8 Å². The molecule has 3 heteroatoms. The summed E-state index contributed by atoms with van der Waals surface area (Å²) in [6.45, 7) is 3.37. The average molecular weight is 262 g/mol. The van der Waals surface area contributed by atoms with Crippen LogP contribution < -0.4 is 5.32 Å². The third-order valence-corrected chi connectivity index (χ3v) is 5.37. The van der Waals surface area contributed by atoms with Gasteiger partial charge in [-0.3, -0.25) is 4.90 Å². The van der Waals surface area contributed by atoms with E-state index in [4.69, 9.17) is 0 Å². The molecule has 3 rings (SSSR count). The van der Waals surface area contributed by atoms with E-state index < -0.39 is 0 Å². The molecule has 1 heterocycles. The first kappa shape index (κ1) is 12.5. The lowest BCUT2D eigenvalue weighted by atomic mass is 9.92. The molecule has 1 fully saturated rings. The van der Waals surface area contributed by atoms with Crippen molar-refractivity contribution in [3.05, 3.63) is 29.3 Å². The second-order valence-corrected chi connectivity index (χ2v) is 6.65. The van der Waals surface area contributed by atoms with E-state index in [-0.39, 0.29) is 0 Å². The van der Waals surface area contributed by atoms with Crippen molar-refractivity contribution in [1.82, 2.24) is 10.2 Å². The van der Waals surface area contributed by atoms with Gasteiger partial charge in [-0.1, -0.05) is 6.07 Å². The number of piperazine rings is 1. The average Bonchev–Trinajstić information content (AvgIpc) is 2.41. The van der Waals surface area contributed by atoms with E-state index in [1.807, 2.05) is 11.8 Å². The summed E-state index contributed by atoms with van der Waals surface area (Å²) < 4.78 is 0. The van der Waals surface area contributed by atoms with Crippen LogP contribution in [0, 0.1) is 0 Å². The van der Waals surface area contributed by atoms with Gasteiger partial charge in [0, 0.05) is 24.5 Å². The second-order valence-electron chi connectivity index (χ2n) is 5.39. The minimum Gasteiger partial charge on any atom is -0.313 e. The Labute approximate surface area is 114 Å². The molecule has 1 aromatic rings. The summed E-state index contributed by atoms with van der Waals surface area (Å²) in [4.78, 5) is 3.90. The standard InChI is InChI=1S/C15H22N2S/c1-17-9-8-16-11-15(17)18-14-7-6-12-4-2-3-5-13(12)10-14/h6-7,10,15-16H,2-5,8-9,11H2,1H3. The molecular formula is C15H22N2S. The molecule has 0 saturated carbocycles. The summed E-state index contributed by atoms with van der Waals surface area (Å²) in [5, 5.41) is 4.07. The molecule has 2 aliphatic rings. The highest BCUT2D eigenvalue weighted by Gasteiger charge is 2.20. The molecule has 1 unspecified atom stereocenters. The molecule has 1 aromatic carbocycles. The van der Waals surface area contributed by atoms with E-state index in [1.165, 1.54) is 30.6 Å². The Balaban J connectivity index is 1.72. The number of benzene rings is 1. The number of likely N-dealkylation sites (N-methyl/N-ethyl adjacent to an activating group) is 1. The van der Waals surface area contributed by atoms with Crippen molar-refractivity contribution >= 4 is 11.8 Å². The van der Waals surface area contributed by atoms with Gasteiger partial charge in [-0.05, 0) is 56.0 Å². The van der Waals surface area contributed by atoms with Gasteiger partial charge in [0.15, 0.2) is 0 Å². The number of hydrogen-bond donors (Lipinski definition) is 1. The highest BCUT2D eigenvalue weighted by atomic mass is 32.2. The third kappa shape index (κ3) is 2.73. The molecule has 1 atom stereocenters. The zero-order valence-corrected chi connectivity index (χ0v) is 11.9. The number of fused-ring (bicyclic) bond motifs is 1. The fraction of sp³-hybridized carbons (Fsp3) is 0.600. The van der Waals surface area contributed by atoms with E-state index in [0.717, 1.165) is 19.6 Å². The zero-order chi connectivity index (χ0) is 12.4. The summed E-state index contributed by atoms with van der Waals surface area (Å²) in [7, 11) is 2.23. The van der Waals surface area contributed by atoms with Crippen LogP contribution in [-0.4, -0.2) is 37.0 Å². The monoisotopic (exact) mass is 262 g/mol. The van der Waals surface area contributed by atoms with Gasteiger partial charge in [0.2, 0.25) is 0 Å². The quantitative estimate of drug-likeness (QED) is 0.881. The molecule has 18 heavy (non-hydrogen) atoms. The minimum atomic E-state index is 0.584.